The van der Waals surface area contributed by atoms with Gasteiger partial charge in [0.1, 0.15) is 13.2 Å². The molecule has 0 heterocycles. The van der Waals surface area contributed by atoms with Gasteiger partial charge in [-0.25, -0.2) is 0 Å². The second kappa shape index (κ2) is 54.7. The summed E-state index contributed by atoms with van der Waals surface area (Å²) in [6.07, 6.45) is 67.9. The lowest BCUT2D eigenvalue weighted by Crippen LogP contribution is -2.30. The lowest BCUT2D eigenvalue weighted by Gasteiger charge is -2.18. The lowest BCUT2D eigenvalue weighted by molar-refractivity contribution is -0.167. The van der Waals surface area contributed by atoms with Crippen LogP contribution in [0.2, 0.25) is 0 Å². The number of rotatable bonds is 51. The number of hydrogen-bond acceptors (Lipinski definition) is 6. The average molecular weight is 924 g/mol. The van der Waals surface area contributed by atoms with E-state index in [1.54, 1.807) is 0 Å². The number of esters is 3. The third kappa shape index (κ3) is 52.1. The monoisotopic (exact) mass is 923 g/mol. The molecule has 0 N–H and O–H groups in total. The van der Waals surface area contributed by atoms with Gasteiger partial charge in [-0.05, 0) is 83.5 Å². The Morgan fingerprint density at radius 2 is 0.591 bits per heavy atom. The molecule has 0 unspecified atom stereocenters. The maximum absolute atomic E-state index is 12.8. The van der Waals surface area contributed by atoms with Crippen molar-refractivity contribution in [3.8, 4) is 0 Å². The van der Waals surface area contributed by atoms with E-state index in [0.29, 0.717) is 19.3 Å². The summed E-state index contributed by atoms with van der Waals surface area (Å²) in [5.41, 5.74) is 0. The first-order chi connectivity index (χ1) is 32.5. The molecular formula is C60H106O6. The smallest absolute Gasteiger partial charge is 0.306 e. The molecule has 0 fully saturated rings. The van der Waals surface area contributed by atoms with Crippen LogP contribution >= 0.6 is 0 Å². The predicted octanol–water partition coefficient (Wildman–Crippen LogP) is 18.8. The van der Waals surface area contributed by atoms with E-state index >= 15 is 0 Å². The van der Waals surface area contributed by atoms with Crippen LogP contribution in [-0.4, -0.2) is 37.2 Å². The standard InChI is InChI=1S/C60H106O6/c1-4-7-10-13-16-19-22-25-27-28-29-30-31-32-34-35-38-41-44-47-50-53-59(62)65-56-57(55-64-58(61)52-49-46-43-40-37-24-21-18-15-12-9-6-3)66-60(63)54-51-48-45-42-39-36-33-26-23-20-17-14-11-8-5-2/h8,11,17,20,25-27,33,39,42,57H,4-7,9-10,12-16,18-19,21-24,28-32,34-38,40-41,43-56H2,1-3H3/b11-8-,20-17-,27-25-,33-26-,42-39-/t57-/m0/s1. The summed E-state index contributed by atoms with van der Waals surface area (Å²) >= 11 is 0. The van der Waals surface area contributed by atoms with Crippen LogP contribution in [0, 0.1) is 0 Å². The summed E-state index contributed by atoms with van der Waals surface area (Å²) in [4.78, 5) is 38.1. The second-order valence-electron chi connectivity index (χ2n) is 18.8. The average Bonchev–Trinajstić information content (AvgIpc) is 3.31. The van der Waals surface area contributed by atoms with E-state index in [9.17, 15) is 14.4 Å². The molecular weight excluding hydrogens is 817 g/mol. The van der Waals surface area contributed by atoms with Crippen LogP contribution in [0.3, 0.4) is 0 Å². The van der Waals surface area contributed by atoms with Gasteiger partial charge in [0.15, 0.2) is 6.10 Å². The van der Waals surface area contributed by atoms with Gasteiger partial charge in [0, 0.05) is 19.3 Å². The minimum absolute atomic E-state index is 0.0885. The number of carbonyl (C=O) groups is 3. The number of hydrogen-bond donors (Lipinski definition) is 0. The fourth-order valence-electron chi connectivity index (χ4n) is 8.02. The third-order valence-corrected chi connectivity index (χ3v) is 12.3. The molecule has 0 saturated heterocycles. The molecule has 0 spiro atoms. The molecule has 0 aliphatic rings. The Labute approximate surface area is 409 Å². The molecule has 0 amide bonds. The van der Waals surface area contributed by atoms with Crippen LogP contribution in [-0.2, 0) is 28.6 Å². The van der Waals surface area contributed by atoms with Crippen LogP contribution in [0.15, 0.2) is 60.8 Å². The van der Waals surface area contributed by atoms with Crippen molar-refractivity contribution >= 4 is 17.9 Å². The Kier molecular flexibility index (Phi) is 52.3. The lowest BCUT2D eigenvalue weighted by atomic mass is 10.0. The number of allylic oxidation sites excluding steroid dienone is 10. The first-order valence-corrected chi connectivity index (χ1v) is 28.3. The van der Waals surface area contributed by atoms with Gasteiger partial charge in [0.2, 0.25) is 0 Å². The molecule has 0 rings (SSSR count). The molecule has 6 heteroatoms. The van der Waals surface area contributed by atoms with E-state index in [1.165, 1.54) is 161 Å². The summed E-state index contributed by atoms with van der Waals surface area (Å²) in [6.45, 7) is 6.51. The van der Waals surface area contributed by atoms with Crippen molar-refractivity contribution < 1.29 is 28.6 Å². The maximum atomic E-state index is 12.8. The molecule has 0 aromatic rings. The molecule has 0 aliphatic heterocycles. The van der Waals surface area contributed by atoms with E-state index in [2.05, 4.69) is 81.5 Å². The van der Waals surface area contributed by atoms with Crippen molar-refractivity contribution in [3.05, 3.63) is 60.8 Å². The summed E-state index contributed by atoms with van der Waals surface area (Å²) in [7, 11) is 0. The third-order valence-electron chi connectivity index (χ3n) is 12.3. The maximum Gasteiger partial charge on any atom is 0.306 e. The van der Waals surface area contributed by atoms with Crippen molar-refractivity contribution in [3.63, 3.8) is 0 Å². The second-order valence-corrected chi connectivity index (χ2v) is 18.8. The minimum Gasteiger partial charge on any atom is -0.462 e. The Morgan fingerprint density at radius 1 is 0.318 bits per heavy atom. The summed E-state index contributed by atoms with van der Waals surface area (Å²) < 4.78 is 16.8. The number of carbonyl (C=O) groups excluding carboxylic acids is 3. The van der Waals surface area contributed by atoms with Crippen LogP contribution in [0.25, 0.3) is 0 Å². The Hall–Kier alpha value is -2.89. The molecule has 1 atom stereocenters. The molecule has 0 aromatic carbocycles. The van der Waals surface area contributed by atoms with Gasteiger partial charge in [-0.1, -0.05) is 242 Å². The molecule has 66 heavy (non-hydrogen) atoms. The van der Waals surface area contributed by atoms with Gasteiger partial charge < -0.3 is 14.2 Å². The van der Waals surface area contributed by atoms with E-state index in [1.807, 2.05) is 0 Å². The molecule has 382 valence electrons. The van der Waals surface area contributed by atoms with Crippen LogP contribution in [0.4, 0.5) is 0 Å². The molecule has 6 nitrogen and oxygen atoms in total. The van der Waals surface area contributed by atoms with E-state index in [0.717, 1.165) is 77.0 Å². The first-order valence-electron chi connectivity index (χ1n) is 28.3. The van der Waals surface area contributed by atoms with Crippen molar-refractivity contribution in [2.75, 3.05) is 13.2 Å². The van der Waals surface area contributed by atoms with Gasteiger partial charge >= 0.3 is 17.9 Å². The van der Waals surface area contributed by atoms with Crippen molar-refractivity contribution in [1.29, 1.82) is 0 Å². The SMILES string of the molecule is CC/C=C\C/C=C\C/C=C\C/C=C\CCCCC(=O)O[C@@H](COC(=O)CCCCCCCCCCCCCC)COC(=O)CCCCCCCCCCCCC/C=C\CCCCCCCC. The van der Waals surface area contributed by atoms with Crippen LogP contribution in [0.1, 0.15) is 284 Å². The molecule has 0 aliphatic carbocycles. The highest BCUT2D eigenvalue weighted by Crippen LogP contribution is 2.16. The van der Waals surface area contributed by atoms with E-state index < -0.39 is 6.10 Å². The summed E-state index contributed by atoms with van der Waals surface area (Å²) in [6, 6.07) is 0. The Balaban J connectivity index is 4.35. The zero-order valence-corrected chi connectivity index (χ0v) is 43.7. The zero-order valence-electron chi connectivity index (χ0n) is 43.7. The fraction of sp³-hybridized carbons (Fsp3) is 0.783. The predicted molar refractivity (Wildman–Crippen MR) is 284 cm³/mol. The van der Waals surface area contributed by atoms with Crippen molar-refractivity contribution in [2.24, 2.45) is 0 Å². The first kappa shape index (κ1) is 63.1. The van der Waals surface area contributed by atoms with Crippen molar-refractivity contribution in [1.82, 2.24) is 0 Å². The topological polar surface area (TPSA) is 78.9 Å². The zero-order chi connectivity index (χ0) is 47.9. The normalized spacial score (nSPS) is 12.5. The highest BCUT2D eigenvalue weighted by Gasteiger charge is 2.19. The van der Waals surface area contributed by atoms with Crippen LogP contribution < -0.4 is 0 Å². The molecule has 0 saturated carbocycles. The number of unbranched alkanes of at least 4 members (excludes halogenated alkanes) is 30. The Morgan fingerprint density at radius 3 is 0.970 bits per heavy atom. The minimum atomic E-state index is -0.793. The molecule has 0 aromatic heterocycles. The van der Waals surface area contributed by atoms with E-state index in [-0.39, 0.29) is 37.5 Å². The molecule has 0 radical (unpaired) electrons. The van der Waals surface area contributed by atoms with Gasteiger partial charge in [-0.2, -0.15) is 0 Å². The van der Waals surface area contributed by atoms with Crippen molar-refractivity contribution in [2.45, 2.75) is 290 Å². The summed E-state index contributed by atoms with van der Waals surface area (Å²) in [5, 5.41) is 0. The van der Waals surface area contributed by atoms with Gasteiger partial charge in [0.05, 0.1) is 0 Å². The fourth-order valence-corrected chi connectivity index (χ4v) is 8.02. The molecule has 0 bridgehead atoms. The Bertz CT molecular complexity index is 1200. The van der Waals surface area contributed by atoms with Gasteiger partial charge in [-0.3, -0.25) is 14.4 Å². The van der Waals surface area contributed by atoms with E-state index in [4.69, 9.17) is 14.2 Å². The summed E-state index contributed by atoms with van der Waals surface area (Å²) in [5.74, 6) is -0.922. The quantitative estimate of drug-likeness (QED) is 0.0262. The highest BCUT2D eigenvalue weighted by molar-refractivity contribution is 5.71. The van der Waals surface area contributed by atoms with Crippen LogP contribution in [0.5, 0.6) is 0 Å². The highest BCUT2D eigenvalue weighted by atomic mass is 16.6. The van der Waals surface area contributed by atoms with Gasteiger partial charge in [0.25, 0.3) is 0 Å². The largest absolute Gasteiger partial charge is 0.462 e. The number of ether oxygens (including phenoxy) is 3. The van der Waals surface area contributed by atoms with Gasteiger partial charge in [-0.15, -0.1) is 0 Å².